The van der Waals surface area contributed by atoms with Crippen LogP contribution in [0, 0.1) is 5.82 Å². The van der Waals surface area contributed by atoms with E-state index in [1.165, 1.54) is 0 Å². The molecule has 0 spiro atoms. The molecule has 0 saturated heterocycles. The van der Waals surface area contributed by atoms with Crippen molar-refractivity contribution in [2.45, 2.75) is 11.1 Å². The molecule has 0 aromatic heterocycles. The maximum atomic E-state index is 13.0. The van der Waals surface area contributed by atoms with Crippen LogP contribution in [-0.2, 0) is 16.2 Å². The van der Waals surface area contributed by atoms with Gasteiger partial charge in [0.05, 0.1) is 11.3 Å². The van der Waals surface area contributed by atoms with Gasteiger partial charge in [0, 0.05) is 0 Å². The van der Waals surface area contributed by atoms with Crippen molar-refractivity contribution >= 4 is 15.7 Å². The normalized spacial score (nSPS) is 12.8. The lowest BCUT2D eigenvalue weighted by atomic mass is 10.2. The number of nitrogen functional groups attached to an aromatic ring is 1. The van der Waals surface area contributed by atoms with Gasteiger partial charge in [0.1, 0.15) is 10.7 Å². The molecule has 0 aliphatic rings. The third kappa shape index (κ3) is 2.42. The molecule has 1 aromatic carbocycles. The Balaban J connectivity index is 3.52. The molecular formula is C7H6F4N2O2S. The number of sulfonamides is 1. The summed E-state index contributed by atoms with van der Waals surface area (Å²) in [5, 5.41) is 4.63. The number of benzene rings is 1. The van der Waals surface area contributed by atoms with Gasteiger partial charge in [-0.3, -0.25) is 0 Å². The van der Waals surface area contributed by atoms with E-state index in [2.05, 4.69) is 5.14 Å². The SMILES string of the molecule is Nc1cc(C(F)(F)F)c(F)cc1S(N)(=O)=O. The average Bonchev–Trinajstić information content (AvgIpc) is 2.04. The van der Waals surface area contributed by atoms with Crippen LogP contribution >= 0.6 is 0 Å². The van der Waals surface area contributed by atoms with Gasteiger partial charge in [-0.1, -0.05) is 0 Å². The van der Waals surface area contributed by atoms with Crippen molar-refractivity contribution in [3.05, 3.63) is 23.5 Å². The van der Waals surface area contributed by atoms with Crippen molar-refractivity contribution in [1.82, 2.24) is 0 Å². The second-order valence-corrected chi connectivity index (χ2v) is 4.44. The van der Waals surface area contributed by atoms with E-state index in [-0.39, 0.29) is 12.1 Å². The summed E-state index contributed by atoms with van der Waals surface area (Å²) >= 11 is 0. The summed E-state index contributed by atoms with van der Waals surface area (Å²) in [7, 11) is -4.35. The van der Waals surface area contributed by atoms with E-state index < -0.39 is 38.2 Å². The molecule has 0 aliphatic heterocycles. The number of hydrogen-bond acceptors (Lipinski definition) is 3. The average molecular weight is 258 g/mol. The number of hydrogen-bond donors (Lipinski definition) is 2. The quantitative estimate of drug-likeness (QED) is 0.583. The summed E-state index contributed by atoms with van der Waals surface area (Å²) in [5.74, 6) is -1.74. The number of primary sulfonamides is 1. The van der Waals surface area contributed by atoms with E-state index in [0.29, 0.717) is 0 Å². The van der Waals surface area contributed by atoms with Crippen LogP contribution in [0.2, 0.25) is 0 Å². The molecule has 0 atom stereocenters. The summed E-state index contributed by atoms with van der Waals surface area (Å²) in [4.78, 5) is -0.877. The third-order valence-electron chi connectivity index (χ3n) is 1.71. The second kappa shape index (κ2) is 3.59. The minimum atomic E-state index is -4.95. The minimum absolute atomic E-state index is 0.146. The highest BCUT2D eigenvalue weighted by molar-refractivity contribution is 7.89. The van der Waals surface area contributed by atoms with E-state index in [4.69, 9.17) is 5.73 Å². The molecule has 0 bridgehead atoms. The van der Waals surface area contributed by atoms with Crippen LogP contribution in [0.25, 0.3) is 0 Å². The fourth-order valence-corrected chi connectivity index (χ4v) is 1.69. The zero-order valence-electron chi connectivity index (χ0n) is 7.55. The maximum absolute atomic E-state index is 13.0. The fraction of sp³-hybridized carbons (Fsp3) is 0.143. The molecule has 90 valence electrons. The van der Waals surface area contributed by atoms with E-state index in [0.717, 1.165) is 0 Å². The van der Waals surface area contributed by atoms with Crippen LogP contribution in [0.5, 0.6) is 0 Å². The molecule has 0 radical (unpaired) electrons. The Kier molecular flexibility index (Phi) is 2.86. The topological polar surface area (TPSA) is 86.2 Å². The maximum Gasteiger partial charge on any atom is 0.419 e. The van der Waals surface area contributed by atoms with Crippen LogP contribution in [0.1, 0.15) is 5.56 Å². The van der Waals surface area contributed by atoms with Gasteiger partial charge in [0.2, 0.25) is 10.0 Å². The van der Waals surface area contributed by atoms with Crippen LogP contribution in [0.3, 0.4) is 0 Å². The Morgan fingerprint density at radius 2 is 1.69 bits per heavy atom. The van der Waals surface area contributed by atoms with Crippen molar-refractivity contribution in [2.75, 3.05) is 5.73 Å². The van der Waals surface area contributed by atoms with Gasteiger partial charge in [-0.25, -0.2) is 17.9 Å². The molecule has 0 fully saturated rings. The molecule has 0 unspecified atom stereocenters. The largest absolute Gasteiger partial charge is 0.419 e. The Morgan fingerprint density at radius 3 is 2.06 bits per heavy atom. The third-order valence-corrected chi connectivity index (χ3v) is 2.68. The van der Waals surface area contributed by atoms with Crippen LogP contribution in [0.15, 0.2) is 17.0 Å². The predicted octanol–water partition coefficient (Wildman–Crippen LogP) is 1.07. The lowest BCUT2D eigenvalue weighted by Gasteiger charge is -2.10. The Bertz CT molecular complexity index is 524. The van der Waals surface area contributed by atoms with Gasteiger partial charge in [0.15, 0.2) is 0 Å². The molecule has 0 aliphatic carbocycles. The summed E-state index contributed by atoms with van der Waals surface area (Å²) in [6, 6.07) is 0.336. The van der Waals surface area contributed by atoms with Gasteiger partial charge in [-0.05, 0) is 12.1 Å². The first-order valence-electron chi connectivity index (χ1n) is 3.72. The minimum Gasteiger partial charge on any atom is -0.398 e. The summed E-state index contributed by atoms with van der Waals surface area (Å²) in [5.41, 5.74) is 2.65. The van der Waals surface area contributed by atoms with Gasteiger partial charge < -0.3 is 5.73 Å². The second-order valence-electron chi connectivity index (χ2n) is 2.91. The molecule has 0 amide bonds. The van der Waals surface area contributed by atoms with E-state index in [9.17, 15) is 26.0 Å². The zero-order valence-corrected chi connectivity index (χ0v) is 8.36. The number of alkyl halides is 3. The van der Waals surface area contributed by atoms with Crippen molar-refractivity contribution in [1.29, 1.82) is 0 Å². The van der Waals surface area contributed by atoms with E-state index in [1.54, 1.807) is 0 Å². The highest BCUT2D eigenvalue weighted by Gasteiger charge is 2.35. The highest BCUT2D eigenvalue weighted by Crippen LogP contribution is 2.34. The molecule has 4 N–H and O–H groups in total. The van der Waals surface area contributed by atoms with Gasteiger partial charge in [0.25, 0.3) is 0 Å². The molecular weight excluding hydrogens is 252 g/mol. The Morgan fingerprint density at radius 1 is 1.19 bits per heavy atom. The Hall–Kier alpha value is -1.35. The van der Waals surface area contributed by atoms with E-state index >= 15 is 0 Å². The number of anilines is 1. The summed E-state index contributed by atoms with van der Waals surface area (Å²) in [6.07, 6.45) is -4.95. The molecule has 1 aromatic rings. The van der Waals surface area contributed by atoms with Crippen molar-refractivity contribution in [3.63, 3.8) is 0 Å². The zero-order chi connectivity index (χ0) is 12.7. The molecule has 9 heteroatoms. The summed E-state index contributed by atoms with van der Waals surface area (Å²) in [6.45, 7) is 0. The van der Waals surface area contributed by atoms with Gasteiger partial charge >= 0.3 is 6.18 Å². The van der Waals surface area contributed by atoms with Crippen LogP contribution in [-0.4, -0.2) is 8.42 Å². The monoisotopic (exact) mass is 258 g/mol. The first-order chi connectivity index (χ1) is 7.03. The Labute approximate surface area is 87.9 Å². The number of halogens is 4. The molecule has 1 rings (SSSR count). The van der Waals surface area contributed by atoms with Crippen LogP contribution < -0.4 is 10.9 Å². The molecule has 16 heavy (non-hydrogen) atoms. The first-order valence-corrected chi connectivity index (χ1v) is 5.27. The number of nitrogens with two attached hydrogens (primary N) is 2. The molecule has 4 nitrogen and oxygen atoms in total. The van der Waals surface area contributed by atoms with Crippen molar-refractivity contribution in [2.24, 2.45) is 5.14 Å². The first kappa shape index (κ1) is 12.7. The van der Waals surface area contributed by atoms with Crippen molar-refractivity contribution < 1.29 is 26.0 Å². The predicted molar refractivity (Wildman–Crippen MR) is 47.2 cm³/mol. The summed E-state index contributed by atoms with van der Waals surface area (Å²) < 4.78 is 71.1. The number of rotatable bonds is 1. The van der Waals surface area contributed by atoms with Gasteiger partial charge in [-0.15, -0.1) is 0 Å². The van der Waals surface area contributed by atoms with Crippen LogP contribution in [0.4, 0.5) is 23.2 Å². The highest BCUT2D eigenvalue weighted by atomic mass is 32.2. The smallest absolute Gasteiger partial charge is 0.398 e. The van der Waals surface area contributed by atoms with Crippen molar-refractivity contribution in [3.8, 4) is 0 Å². The van der Waals surface area contributed by atoms with Gasteiger partial charge in [-0.2, -0.15) is 13.2 Å². The lowest BCUT2D eigenvalue weighted by molar-refractivity contribution is -0.140. The molecule has 0 saturated carbocycles. The standard InChI is InChI=1S/C7H6F4N2O2S/c8-4-2-6(16(13,14)15)5(12)1-3(4)7(9,10)11/h1-2H,12H2,(H2,13,14,15). The molecule has 0 heterocycles. The lowest BCUT2D eigenvalue weighted by Crippen LogP contribution is -2.17. The van der Waals surface area contributed by atoms with E-state index in [1.807, 2.05) is 0 Å². The fourth-order valence-electron chi connectivity index (χ4n) is 1.04.